The van der Waals surface area contributed by atoms with Gasteiger partial charge in [0.05, 0.1) is 12.0 Å². The Labute approximate surface area is 57.8 Å². The van der Waals surface area contributed by atoms with Gasteiger partial charge in [-0.05, 0) is 0 Å². The highest BCUT2D eigenvalue weighted by Crippen LogP contribution is 2.13. The van der Waals surface area contributed by atoms with E-state index in [0.717, 1.165) is 4.31 Å². The van der Waals surface area contributed by atoms with Crippen LogP contribution < -0.4 is 4.31 Å². The molecule has 0 fully saturated rings. The van der Waals surface area contributed by atoms with E-state index in [0.29, 0.717) is 12.1 Å². The van der Waals surface area contributed by atoms with Crippen molar-refractivity contribution in [2.24, 2.45) is 0 Å². The van der Waals surface area contributed by atoms with Crippen LogP contribution in [-0.4, -0.2) is 6.41 Å². The van der Waals surface area contributed by atoms with Crippen LogP contribution in [0.4, 0.5) is 5.69 Å². The minimum Gasteiger partial charge on any atom is -0.470 e. The van der Waals surface area contributed by atoms with E-state index in [1.807, 2.05) is 0 Å². The number of nitrogens with zero attached hydrogens (tertiary/aromatic N) is 1. The Kier molecular flexibility index (Phi) is 1.79. The smallest absolute Gasteiger partial charge is 0.224 e. The SMILES string of the molecule is O=CN(S)c1ccoc1. The molecular weight excluding hydrogens is 138 g/mol. The number of carbonyl (C=O) groups is 1. The van der Waals surface area contributed by atoms with Crippen LogP contribution in [0.3, 0.4) is 0 Å². The molecule has 1 aromatic rings. The first-order valence-corrected chi connectivity index (χ1v) is 2.70. The van der Waals surface area contributed by atoms with Crippen molar-refractivity contribution >= 4 is 24.9 Å². The largest absolute Gasteiger partial charge is 0.470 e. The summed E-state index contributed by atoms with van der Waals surface area (Å²) in [5.41, 5.74) is 0.633. The van der Waals surface area contributed by atoms with Crippen LogP contribution in [0.25, 0.3) is 0 Å². The molecule has 0 bridgehead atoms. The van der Waals surface area contributed by atoms with Gasteiger partial charge in [-0.2, -0.15) is 0 Å². The lowest BCUT2D eigenvalue weighted by Crippen LogP contribution is -2.04. The van der Waals surface area contributed by atoms with Gasteiger partial charge in [0.25, 0.3) is 0 Å². The summed E-state index contributed by atoms with van der Waals surface area (Å²) in [4.78, 5) is 10.0. The Hall–Kier alpha value is -0.900. The van der Waals surface area contributed by atoms with E-state index >= 15 is 0 Å². The summed E-state index contributed by atoms with van der Waals surface area (Å²) in [6.45, 7) is 0. The van der Waals surface area contributed by atoms with Crippen molar-refractivity contribution in [2.45, 2.75) is 0 Å². The van der Waals surface area contributed by atoms with Crippen molar-refractivity contribution in [3.63, 3.8) is 0 Å². The van der Waals surface area contributed by atoms with E-state index in [9.17, 15) is 4.79 Å². The zero-order valence-corrected chi connectivity index (χ0v) is 5.41. The van der Waals surface area contributed by atoms with Crippen molar-refractivity contribution in [3.05, 3.63) is 18.6 Å². The van der Waals surface area contributed by atoms with Crippen molar-refractivity contribution < 1.29 is 9.21 Å². The Morgan fingerprint density at radius 3 is 3.00 bits per heavy atom. The first-order valence-electron chi connectivity index (χ1n) is 2.30. The molecular formula is C5H5NO2S. The number of hydrogen-bond acceptors (Lipinski definition) is 3. The van der Waals surface area contributed by atoms with E-state index in [-0.39, 0.29) is 0 Å². The van der Waals surface area contributed by atoms with Crippen molar-refractivity contribution in [2.75, 3.05) is 4.31 Å². The molecule has 0 saturated heterocycles. The average Bonchev–Trinajstić information content (AvgIpc) is 2.37. The molecule has 0 radical (unpaired) electrons. The van der Waals surface area contributed by atoms with E-state index in [1.54, 1.807) is 6.07 Å². The molecule has 0 aliphatic carbocycles. The standard InChI is InChI=1S/C5H5NO2S/c7-4-6(9)5-1-2-8-3-5/h1-4,9H. The van der Waals surface area contributed by atoms with E-state index < -0.39 is 0 Å². The van der Waals surface area contributed by atoms with Crippen LogP contribution >= 0.6 is 12.8 Å². The summed E-state index contributed by atoms with van der Waals surface area (Å²) in [7, 11) is 0. The zero-order valence-electron chi connectivity index (χ0n) is 4.52. The molecule has 9 heavy (non-hydrogen) atoms. The summed E-state index contributed by atoms with van der Waals surface area (Å²) in [5, 5.41) is 0. The maximum Gasteiger partial charge on any atom is 0.224 e. The maximum atomic E-state index is 10.0. The predicted molar refractivity (Wildman–Crippen MR) is 36.2 cm³/mol. The monoisotopic (exact) mass is 143 g/mol. The van der Waals surface area contributed by atoms with E-state index in [1.165, 1.54) is 12.5 Å². The Morgan fingerprint density at radius 2 is 2.56 bits per heavy atom. The van der Waals surface area contributed by atoms with Crippen LogP contribution in [0.15, 0.2) is 23.0 Å². The molecule has 3 nitrogen and oxygen atoms in total. The third kappa shape index (κ3) is 1.26. The molecule has 1 rings (SSSR count). The van der Waals surface area contributed by atoms with Gasteiger partial charge >= 0.3 is 0 Å². The van der Waals surface area contributed by atoms with Crippen LogP contribution in [0.1, 0.15) is 0 Å². The molecule has 0 spiro atoms. The normalized spacial score (nSPS) is 9.00. The number of hydrogen-bond donors (Lipinski definition) is 1. The lowest BCUT2D eigenvalue weighted by molar-refractivity contribution is -0.106. The summed E-state index contributed by atoms with van der Waals surface area (Å²) in [6, 6.07) is 1.64. The first kappa shape index (κ1) is 6.22. The van der Waals surface area contributed by atoms with Crippen LogP contribution in [-0.2, 0) is 4.79 Å². The molecule has 1 heterocycles. The lowest BCUT2D eigenvalue weighted by atomic mass is 10.5. The van der Waals surface area contributed by atoms with Gasteiger partial charge in [-0.1, -0.05) is 12.8 Å². The predicted octanol–water partition coefficient (Wildman–Crippen LogP) is 1.09. The van der Waals surface area contributed by atoms with Gasteiger partial charge < -0.3 is 4.42 Å². The Morgan fingerprint density at radius 1 is 1.78 bits per heavy atom. The fraction of sp³-hybridized carbons (Fsp3) is 0. The molecule has 0 N–H and O–H groups in total. The maximum absolute atomic E-state index is 10.0. The van der Waals surface area contributed by atoms with Gasteiger partial charge in [-0.3, -0.25) is 9.10 Å². The minimum absolute atomic E-state index is 0.591. The van der Waals surface area contributed by atoms with Gasteiger partial charge in [-0.25, -0.2) is 0 Å². The summed E-state index contributed by atoms with van der Waals surface area (Å²) in [5.74, 6) is 0. The molecule has 0 atom stereocenters. The van der Waals surface area contributed by atoms with Crippen molar-refractivity contribution in [3.8, 4) is 0 Å². The second-order valence-electron chi connectivity index (χ2n) is 1.43. The van der Waals surface area contributed by atoms with E-state index in [2.05, 4.69) is 17.2 Å². The molecule has 1 aromatic heterocycles. The molecule has 0 aliphatic rings. The van der Waals surface area contributed by atoms with Crippen molar-refractivity contribution in [1.82, 2.24) is 0 Å². The Bertz CT molecular complexity index is 185. The van der Waals surface area contributed by atoms with Gasteiger partial charge in [0.2, 0.25) is 6.41 Å². The highest BCUT2D eigenvalue weighted by molar-refractivity contribution is 7.82. The number of thiol groups is 1. The molecule has 0 aliphatic heterocycles. The van der Waals surface area contributed by atoms with Gasteiger partial charge in [-0.15, -0.1) is 0 Å². The molecule has 1 amide bonds. The van der Waals surface area contributed by atoms with E-state index in [4.69, 9.17) is 0 Å². The number of anilines is 1. The lowest BCUT2D eigenvalue weighted by Gasteiger charge is -2.01. The Balaban J connectivity index is 2.76. The fourth-order valence-electron chi connectivity index (χ4n) is 0.449. The second kappa shape index (κ2) is 2.59. The fourth-order valence-corrected chi connectivity index (χ4v) is 0.562. The average molecular weight is 143 g/mol. The van der Waals surface area contributed by atoms with Crippen LogP contribution in [0.2, 0.25) is 0 Å². The molecule has 0 aromatic carbocycles. The highest BCUT2D eigenvalue weighted by atomic mass is 32.1. The number of rotatable bonds is 2. The van der Waals surface area contributed by atoms with Gasteiger partial charge in [0, 0.05) is 6.07 Å². The van der Waals surface area contributed by atoms with Gasteiger partial charge in [0.1, 0.15) is 6.26 Å². The second-order valence-corrected chi connectivity index (χ2v) is 1.86. The summed E-state index contributed by atoms with van der Waals surface area (Å²) >= 11 is 3.79. The van der Waals surface area contributed by atoms with Crippen LogP contribution in [0, 0.1) is 0 Å². The molecule has 0 unspecified atom stereocenters. The van der Waals surface area contributed by atoms with Crippen molar-refractivity contribution in [1.29, 1.82) is 0 Å². The zero-order chi connectivity index (χ0) is 6.69. The third-order valence-electron chi connectivity index (χ3n) is 0.871. The van der Waals surface area contributed by atoms with Crippen LogP contribution in [0.5, 0.6) is 0 Å². The number of carbonyl (C=O) groups excluding carboxylic acids is 1. The minimum atomic E-state index is 0.591. The quantitative estimate of drug-likeness (QED) is 0.496. The first-order chi connectivity index (χ1) is 4.34. The molecule has 4 heteroatoms. The third-order valence-corrected chi connectivity index (χ3v) is 1.20. The number of furan rings is 1. The highest BCUT2D eigenvalue weighted by Gasteiger charge is 1.97. The summed E-state index contributed by atoms with van der Waals surface area (Å²) in [6.07, 6.45) is 3.50. The molecule has 48 valence electrons. The van der Waals surface area contributed by atoms with Gasteiger partial charge in [0.15, 0.2) is 0 Å². The number of amides is 1. The summed E-state index contributed by atoms with van der Waals surface area (Å²) < 4.78 is 5.82. The molecule has 0 saturated carbocycles. The topological polar surface area (TPSA) is 33.5 Å².